The highest BCUT2D eigenvalue weighted by atomic mass is 16.5. The van der Waals surface area contributed by atoms with Crippen LogP contribution in [-0.4, -0.2) is 59.3 Å². The van der Waals surface area contributed by atoms with E-state index in [0.29, 0.717) is 11.9 Å². The van der Waals surface area contributed by atoms with Gasteiger partial charge in [0.05, 0.1) is 13.2 Å². The van der Waals surface area contributed by atoms with Crippen molar-refractivity contribution >= 4 is 17.6 Å². The van der Waals surface area contributed by atoms with Crippen LogP contribution in [0.25, 0.3) is 0 Å². The summed E-state index contributed by atoms with van der Waals surface area (Å²) in [5, 5.41) is 0. The Bertz CT molecular complexity index is 669. The van der Waals surface area contributed by atoms with Gasteiger partial charge in [-0.15, -0.1) is 0 Å². The third-order valence-electron chi connectivity index (χ3n) is 4.70. The van der Waals surface area contributed by atoms with E-state index in [1.54, 1.807) is 0 Å². The molecule has 8 nitrogen and oxygen atoms in total. The number of aromatic amines is 1. The number of hydrogen-bond donors (Lipinski definition) is 2. The van der Waals surface area contributed by atoms with Gasteiger partial charge >= 0.3 is 0 Å². The van der Waals surface area contributed by atoms with Crippen LogP contribution < -0.4 is 15.5 Å². The summed E-state index contributed by atoms with van der Waals surface area (Å²) in [7, 11) is 0. The number of H-pyrrole nitrogens is 1. The Kier molecular flexibility index (Phi) is 4.20. The number of hydrogen-bond acceptors (Lipinski definition) is 7. The minimum absolute atomic E-state index is 0.328. The fraction of sp³-hybridized carbons (Fsp3) is 0.562. The first-order chi connectivity index (χ1) is 11.8. The third-order valence-corrected chi connectivity index (χ3v) is 4.70. The summed E-state index contributed by atoms with van der Waals surface area (Å²) in [6.45, 7) is 5.01. The molecule has 2 saturated heterocycles. The lowest BCUT2D eigenvalue weighted by Gasteiger charge is -2.34. The van der Waals surface area contributed by atoms with Crippen LogP contribution in [0.15, 0.2) is 18.5 Å². The molecule has 2 aliphatic rings. The maximum atomic E-state index is 5.98. The molecule has 0 bridgehead atoms. The van der Waals surface area contributed by atoms with Crippen LogP contribution in [0.1, 0.15) is 24.6 Å². The Morgan fingerprint density at radius 3 is 2.67 bits per heavy atom. The van der Waals surface area contributed by atoms with E-state index in [9.17, 15) is 0 Å². The molecule has 0 unspecified atom stereocenters. The first kappa shape index (κ1) is 15.2. The highest BCUT2D eigenvalue weighted by Crippen LogP contribution is 2.29. The molecule has 2 aromatic rings. The number of imidazole rings is 1. The third kappa shape index (κ3) is 3.14. The van der Waals surface area contributed by atoms with E-state index < -0.39 is 0 Å². The van der Waals surface area contributed by atoms with Crippen molar-refractivity contribution in [2.75, 3.05) is 54.9 Å². The van der Waals surface area contributed by atoms with Gasteiger partial charge in [-0.2, -0.15) is 9.97 Å². The van der Waals surface area contributed by atoms with Gasteiger partial charge in [0, 0.05) is 50.6 Å². The van der Waals surface area contributed by atoms with Crippen LogP contribution in [0.5, 0.6) is 0 Å². The van der Waals surface area contributed by atoms with E-state index in [1.807, 2.05) is 18.5 Å². The number of nitrogens with zero attached hydrogens (tertiary/aromatic N) is 5. The zero-order valence-corrected chi connectivity index (χ0v) is 13.7. The Balaban J connectivity index is 1.55. The monoisotopic (exact) mass is 329 g/mol. The highest BCUT2D eigenvalue weighted by molar-refractivity contribution is 5.54. The van der Waals surface area contributed by atoms with Crippen molar-refractivity contribution in [3.05, 3.63) is 24.3 Å². The zero-order chi connectivity index (χ0) is 16.4. The second-order valence-corrected chi connectivity index (χ2v) is 6.30. The normalized spacial score (nSPS) is 21.9. The summed E-state index contributed by atoms with van der Waals surface area (Å²) in [5.41, 5.74) is 5.98. The molecule has 4 rings (SSSR count). The van der Waals surface area contributed by atoms with Gasteiger partial charge in [-0.05, 0) is 12.8 Å². The summed E-state index contributed by atoms with van der Waals surface area (Å²) >= 11 is 0. The number of ether oxygens (including phenoxy) is 1. The van der Waals surface area contributed by atoms with Gasteiger partial charge in [-0.25, -0.2) is 4.98 Å². The Morgan fingerprint density at radius 2 is 1.92 bits per heavy atom. The number of nitrogen functional groups attached to an aromatic ring is 1. The lowest BCUT2D eigenvalue weighted by Crippen LogP contribution is -2.38. The fourth-order valence-electron chi connectivity index (χ4n) is 3.47. The number of piperidine rings is 1. The minimum Gasteiger partial charge on any atom is -0.378 e. The fourth-order valence-corrected chi connectivity index (χ4v) is 3.47. The summed E-state index contributed by atoms with van der Waals surface area (Å²) in [5.74, 6) is 3.57. The molecule has 3 N–H and O–H groups in total. The van der Waals surface area contributed by atoms with Crippen molar-refractivity contribution in [1.29, 1.82) is 0 Å². The number of aromatic nitrogens is 4. The topological polar surface area (TPSA) is 96.2 Å². The van der Waals surface area contributed by atoms with Crippen molar-refractivity contribution in [1.82, 2.24) is 19.9 Å². The largest absolute Gasteiger partial charge is 0.378 e. The molecular weight excluding hydrogens is 306 g/mol. The van der Waals surface area contributed by atoms with Crippen molar-refractivity contribution in [3.63, 3.8) is 0 Å². The van der Waals surface area contributed by atoms with E-state index in [4.69, 9.17) is 10.5 Å². The molecule has 4 heterocycles. The lowest BCUT2D eigenvalue weighted by atomic mass is 9.97. The molecule has 1 atom stereocenters. The van der Waals surface area contributed by atoms with Crippen LogP contribution in [0.4, 0.5) is 17.6 Å². The predicted molar refractivity (Wildman–Crippen MR) is 92.3 cm³/mol. The van der Waals surface area contributed by atoms with Gasteiger partial charge in [0.25, 0.3) is 0 Å². The molecule has 2 aromatic heterocycles. The maximum absolute atomic E-state index is 5.98. The molecule has 128 valence electrons. The Labute approximate surface area is 141 Å². The van der Waals surface area contributed by atoms with Crippen LogP contribution in [0.2, 0.25) is 0 Å². The number of nitrogens with two attached hydrogens (primary N) is 1. The van der Waals surface area contributed by atoms with E-state index in [-0.39, 0.29) is 0 Å². The van der Waals surface area contributed by atoms with E-state index in [1.165, 1.54) is 0 Å². The molecule has 0 spiro atoms. The standard InChI is InChI=1S/C16H23N7O/c17-16-20-13(22-6-8-24-9-7-22)10-14(21-16)23-5-1-2-12(11-23)15-18-3-4-19-15/h3-4,10,12H,1-2,5-9,11H2,(H,18,19)(H2,17,20,21)/t12-/m0/s1. The van der Waals surface area contributed by atoms with Gasteiger partial charge in [0.1, 0.15) is 17.5 Å². The van der Waals surface area contributed by atoms with Gasteiger partial charge in [-0.3, -0.25) is 0 Å². The second-order valence-electron chi connectivity index (χ2n) is 6.30. The first-order valence-corrected chi connectivity index (χ1v) is 8.51. The second kappa shape index (κ2) is 6.64. The smallest absolute Gasteiger partial charge is 0.223 e. The van der Waals surface area contributed by atoms with Crippen LogP contribution in [-0.2, 0) is 4.74 Å². The van der Waals surface area contributed by atoms with Crippen LogP contribution in [0.3, 0.4) is 0 Å². The lowest BCUT2D eigenvalue weighted by molar-refractivity contribution is 0.122. The van der Waals surface area contributed by atoms with Crippen LogP contribution in [0, 0.1) is 0 Å². The average Bonchev–Trinajstić information content (AvgIpc) is 3.17. The quantitative estimate of drug-likeness (QED) is 0.867. The minimum atomic E-state index is 0.328. The molecular formula is C16H23N7O. The van der Waals surface area contributed by atoms with Gasteiger partial charge in [0.2, 0.25) is 5.95 Å². The summed E-state index contributed by atoms with van der Waals surface area (Å²) in [6.07, 6.45) is 5.95. The van der Waals surface area contributed by atoms with E-state index in [2.05, 4.69) is 29.7 Å². The van der Waals surface area contributed by atoms with Crippen molar-refractivity contribution in [2.24, 2.45) is 0 Å². The Hall–Kier alpha value is -2.35. The van der Waals surface area contributed by atoms with E-state index >= 15 is 0 Å². The van der Waals surface area contributed by atoms with Crippen molar-refractivity contribution < 1.29 is 4.74 Å². The molecule has 0 aliphatic carbocycles. The SMILES string of the molecule is Nc1nc(N2CCOCC2)cc(N2CCC[C@H](c3ncc[nH]3)C2)n1. The molecule has 2 fully saturated rings. The number of nitrogens with one attached hydrogen (secondary N) is 1. The molecule has 2 aliphatic heterocycles. The van der Waals surface area contributed by atoms with Gasteiger partial charge in [-0.1, -0.05) is 0 Å². The highest BCUT2D eigenvalue weighted by Gasteiger charge is 2.25. The molecule has 0 saturated carbocycles. The molecule has 8 heteroatoms. The van der Waals surface area contributed by atoms with Crippen molar-refractivity contribution in [3.8, 4) is 0 Å². The number of rotatable bonds is 3. The first-order valence-electron chi connectivity index (χ1n) is 8.51. The number of anilines is 3. The zero-order valence-electron chi connectivity index (χ0n) is 13.7. The predicted octanol–water partition coefficient (Wildman–Crippen LogP) is 1.00. The maximum Gasteiger partial charge on any atom is 0.223 e. The Morgan fingerprint density at radius 1 is 1.12 bits per heavy atom. The molecule has 0 amide bonds. The molecule has 24 heavy (non-hydrogen) atoms. The van der Waals surface area contributed by atoms with Gasteiger partial charge < -0.3 is 25.3 Å². The average molecular weight is 329 g/mol. The van der Waals surface area contributed by atoms with E-state index in [0.717, 1.165) is 69.7 Å². The van der Waals surface area contributed by atoms with Crippen molar-refractivity contribution in [2.45, 2.75) is 18.8 Å². The number of morpholine rings is 1. The molecule has 0 aromatic carbocycles. The molecule has 0 radical (unpaired) electrons. The summed E-state index contributed by atoms with van der Waals surface area (Å²) in [6, 6.07) is 2.05. The summed E-state index contributed by atoms with van der Waals surface area (Å²) in [4.78, 5) is 21.0. The summed E-state index contributed by atoms with van der Waals surface area (Å²) < 4.78 is 5.42. The van der Waals surface area contributed by atoms with Crippen LogP contribution >= 0.6 is 0 Å². The van der Waals surface area contributed by atoms with Gasteiger partial charge in [0.15, 0.2) is 0 Å².